The van der Waals surface area contributed by atoms with Gasteiger partial charge in [-0.3, -0.25) is 0 Å². The van der Waals surface area contributed by atoms with Crippen LogP contribution in [0, 0.1) is 13.8 Å². The van der Waals surface area contributed by atoms with Crippen LogP contribution in [0.5, 0.6) is 0 Å². The quantitative estimate of drug-likeness (QED) is 0.843. The van der Waals surface area contributed by atoms with E-state index in [9.17, 15) is 0 Å². The number of rotatable bonds is 4. The van der Waals surface area contributed by atoms with Crippen LogP contribution in [-0.2, 0) is 6.54 Å². The molecule has 17 heavy (non-hydrogen) atoms. The molecule has 1 heterocycles. The highest BCUT2D eigenvalue weighted by Crippen LogP contribution is 2.18. The van der Waals surface area contributed by atoms with Crippen LogP contribution in [-0.4, -0.2) is 20.7 Å². The predicted molar refractivity (Wildman–Crippen MR) is 71.1 cm³/mol. The number of anilines is 1. The van der Waals surface area contributed by atoms with Crippen LogP contribution in [0.25, 0.3) is 0 Å². The first-order chi connectivity index (χ1) is 8.16. The first-order valence-corrected chi connectivity index (χ1v) is 6.50. The number of hydrogen-bond donors (Lipinski definition) is 1. The van der Waals surface area contributed by atoms with Gasteiger partial charge in [-0.25, -0.2) is 4.68 Å². The van der Waals surface area contributed by atoms with E-state index in [1.807, 2.05) is 23.4 Å². The Morgan fingerprint density at radius 3 is 2.53 bits per heavy atom. The van der Waals surface area contributed by atoms with Gasteiger partial charge in [-0.1, -0.05) is 22.9 Å². The average Bonchev–Trinajstić information content (AvgIpc) is 2.64. The molecule has 0 fully saturated rings. The fraction of sp³-hybridized carbons (Fsp3) is 0.333. The molecule has 90 valence electrons. The van der Waals surface area contributed by atoms with Crippen molar-refractivity contribution in [2.24, 2.45) is 0 Å². The summed E-state index contributed by atoms with van der Waals surface area (Å²) in [6, 6.07) is 8.53. The fourth-order valence-corrected chi connectivity index (χ4v) is 2.30. The molecule has 0 unspecified atom stereocenters. The maximum absolute atomic E-state index is 5.64. The molecule has 0 saturated carbocycles. The van der Waals surface area contributed by atoms with E-state index in [1.54, 1.807) is 0 Å². The third-order valence-electron chi connectivity index (χ3n) is 2.61. The van der Waals surface area contributed by atoms with Crippen LogP contribution < -0.4 is 5.73 Å². The molecule has 1 aromatic carbocycles. The lowest BCUT2D eigenvalue weighted by Crippen LogP contribution is -2.05. The minimum atomic E-state index is 0.519. The predicted octanol–water partition coefficient (Wildman–Crippen LogP) is 2.27. The second kappa shape index (κ2) is 5.23. The van der Waals surface area contributed by atoms with Gasteiger partial charge in [0.25, 0.3) is 0 Å². The molecule has 0 saturated heterocycles. The van der Waals surface area contributed by atoms with Crippen LogP contribution in [0.15, 0.2) is 29.2 Å². The Bertz CT molecular complexity index is 490. The van der Waals surface area contributed by atoms with Crippen LogP contribution >= 0.6 is 11.8 Å². The maximum atomic E-state index is 5.64. The standard InChI is InChI=1S/C12H16N4S/c1-9-3-5-11(6-4-9)17-8-7-16-10(2)12(13)14-15-16/h3-6H,7-8,13H2,1-2H3. The van der Waals surface area contributed by atoms with Crippen molar-refractivity contribution >= 4 is 17.6 Å². The second-order valence-electron chi connectivity index (χ2n) is 3.94. The van der Waals surface area contributed by atoms with Gasteiger partial charge in [-0.05, 0) is 26.0 Å². The van der Waals surface area contributed by atoms with E-state index in [-0.39, 0.29) is 0 Å². The molecular weight excluding hydrogens is 232 g/mol. The van der Waals surface area contributed by atoms with Crippen LogP contribution in [0.4, 0.5) is 5.82 Å². The number of hydrogen-bond acceptors (Lipinski definition) is 4. The van der Waals surface area contributed by atoms with E-state index in [4.69, 9.17) is 5.73 Å². The van der Waals surface area contributed by atoms with Crippen molar-refractivity contribution in [1.29, 1.82) is 0 Å². The lowest BCUT2D eigenvalue weighted by Gasteiger charge is -2.03. The van der Waals surface area contributed by atoms with Gasteiger partial charge in [0.15, 0.2) is 5.82 Å². The minimum absolute atomic E-state index is 0.519. The molecule has 0 atom stereocenters. The Morgan fingerprint density at radius 1 is 1.24 bits per heavy atom. The summed E-state index contributed by atoms with van der Waals surface area (Å²) in [7, 11) is 0. The van der Waals surface area contributed by atoms with Gasteiger partial charge in [0.05, 0.1) is 12.2 Å². The zero-order valence-corrected chi connectivity index (χ0v) is 10.9. The summed E-state index contributed by atoms with van der Waals surface area (Å²) in [6.45, 7) is 4.86. The molecule has 0 amide bonds. The summed E-state index contributed by atoms with van der Waals surface area (Å²) in [6.07, 6.45) is 0. The lowest BCUT2D eigenvalue weighted by atomic mass is 10.2. The minimum Gasteiger partial charge on any atom is -0.381 e. The molecule has 2 rings (SSSR count). The number of nitrogens with zero attached hydrogens (tertiary/aromatic N) is 3. The second-order valence-corrected chi connectivity index (χ2v) is 5.11. The Balaban J connectivity index is 1.87. The van der Waals surface area contributed by atoms with Crippen molar-refractivity contribution < 1.29 is 0 Å². The van der Waals surface area contributed by atoms with Crippen molar-refractivity contribution in [3.63, 3.8) is 0 Å². The monoisotopic (exact) mass is 248 g/mol. The van der Waals surface area contributed by atoms with Crippen molar-refractivity contribution in [3.8, 4) is 0 Å². The van der Waals surface area contributed by atoms with Gasteiger partial charge in [0.2, 0.25) is 0 Å². The van der Waals surface area contributed by atoms with Gasteiger partial charge in [0.1, 0.15) is 0 Å². The summed E-state index contributed by atoms with van der Waals surface area (Å²) < 4.78 is 1.84. The highest BCUT2D eigenvalue weighted by molar-refractivity contribution is 7.99. The highest BCUT2D eigenvalue weighted by atomic mass is 32.2. The van der Waals surface area contributed by atoms with Crippen molar-refractivity contribution in [2.45, 2.75) is 25.3 Å². The number of nitrogen functional groups attached to an aromatic ring is 1. The number of nitrogens with two attached hydrogens (primary N) is 1. The third kappa shape index (κ3) is 3.00. The van der Waals surface area contributed by atoms with Gasteiger partial charge in [-0.2, -0.15) is 0 Å². The Labute approximate surface area is 105 Å². The Kier molecular flexibility index (Phi) is 3.68. The van der Waals surface area contributed by atoms with E-state index in [1.165, 1.54) is 10.5 Å². The molecule has 0 radical (unpaired) electrons. The summed E-state index contributed by atoms with van der Waals surface area (Å²) >= 11 is 1.81. The van der Waals surface area contributed by atoms with Gasteiger partial charge < -0.3 is 5.73 Å². The van der Waals surface area contributed by atoms with Crippen molar-refractivity contribution in [2.75, 3.05) is 11.5 Å². The molecule has 5 heteroatoms. The normalized spacial score (nSPS) is 10.7. The molecule has 4 nitrogen and oxygen atoms in total. The molecule has 2 N–H and O–H groups in total. The smallest absolute Gasteiger partial charge is 0.168 e. The molecular formula is C12H16N4S. The Hall–Kier alpha value is -1.49. The first-order valence-electron chi connectivity index (χ1n) is 5.52. The molecule has 0 spiro atoms. The zero-order valence-electron chi connectivity index (χ0n) is 10.1. The summed E-state index contributed by atoms with van der Waals surface area (Å²) in [4.78, 5) is 1.28. The van der Waals surface area contributed by atoms with Crippen LogP contribution in [0.1, 0.15) is 11.3 Å². The zero-order chi connectivity index (χ0) is 12.3. The number of aryl methyl sites for hydroxylation is 2. The van der Waals surface area contributed by atoms with Gasteiger partial charge in [0, 0.05) is 10.6 Å². The van der Waals surface area contributed by atoms with E-state index in [0.29, 0.717) is 5.82 Å². The first kappa shape index (κ1) is 12.0. The molecule has 0 aliphatic carbocycles. The number of benzene rings is 1. The average molecular weight is 248 g/mol. The summed E-state index contributed by atoms with van der Waals surface area (Å²) in [5.74, 6) is 1.48. The maximum Gasteiger partial charge on any atom is 0.168 e. The van der Waals surface area contributed by atoms with Gasteiger partial charge in [-0.15, -0.1) is 16.9 Å². The molecule has 2 aromatic rings. The summed E-state index contributed by atoms with van der Waals surface area (Å²) in [5.41, 5.74) is 7.86. The van der Waals surface area contributed by atoms with Crippen molar-refractivity contribution in [3.05, 3.63) is 35.5 Å². The fourth-order valence-electron chi connectivity index (χ4n) is 1.47. The SMILES string of the molecule is Cc1ccc(SCCn2nnc(N)c2C)cc1. The molecule has 0 bridgehead atoms. The largest absolute Gasteiger partial charge is 0.381 e. The summed E-state index contributed by atoms with van der Waals surface area (Å²) in [5, 5.41) is 7.82. The number of thioether (sulfide) groups is 1. The van der Waals surface area contributed by atoms with Gasteiger partial charge >= 0.3 is 0 Å². The van der Waals surface area contributed by atoms with E-state index in [0.717, 1.165) is 18.0 Å². The number of aromatic nitrogens is 3. The highest BCUT2D eigenvalue weighted by Gasteiger charge is 2.04. The lowest BCUT2D eigenvalue weighted by molar-refractivity contribution is 0.616. The molecule has 0 aliphatic rings. The molecule has 0 aliphatic heterocycles. The van der Waals surface area contributed by atoms with Crippen LogP contribution in [0.3, 0.4) is 0 Å². The Morgan fingerprint density at radius 2 is 1.94 bits per heavy atom. The van der Waals surface area contributed by atoms with Crippen molar-refractivity contribution in [1.82, 2.24) is 15.0 Å². The molecule has 1 aromatic heterocycles. The topological polar surface area (TPSA) is 56.7 Å². The van der Waals surface area contributed by atoms with E-state index in [2.05, 4.69) is 41.5 Å². The van der Waals surface area contributed by atoms with Crippen LogP contribution in [0.2, 0.25) is 0 Å². The van der Waals surface area contributed by atoms with E-state index < -0.39 is 0 Å². The van der Waals surface area contributed by atoms with E-state index >= 15 is 0 Å². The third-order valence-corrected chi connectivity index (χ3v) is 3.60.